The van der Waals surface area contributed by atoms with Crippen LogP contribution in [0.5, 0.6) is 0 Å². The molecule has 2 aromatic rings. The summed E-state index contributed by atoms with van der Waals surface area (Å²) in [7, 11) is -1.20. The average Bonchev–Trinajstić information content (AvgIpc) is 2.56. The summed E-state index contributed by atoms with van der Waals surface area (Å²) in [6.07, 6.45) is 6.95. The van der Waals surface area contributed by atoms with Crippen molar-refractivity contribution in [1.82, 2.24) is 0 Å². The highest BCUT2D eigenvalue weighted by Gasteiger charge is 2.16. The second-order valence-corrected chi connectivity index (χ2v) is 13.0. The molecule has 0 aliphatic heterocycles. The van der Waals surface area contributed by atoms with E-state index in [1.165, 1.54) is 54.2 Å². The molecule has 0 heterocycles. The molecule has 1 nitrogen and oxygen atoms in total. The summed E-state index contributed by atoms with van der Waals surface area (Å²) >= 11 is 0. The number of hydrogen-bond acceptors (Lipinski definition) is 1. The van der Waals surface area contributed by atoms with E-state index in [1.54, 1.807) is 0 Å². The first-order chi connectivity index (χ1) is 11.0. The number of nitrogens with one attached hydrogen (secondary N) is 1. The van der Waals surface area contributed by atoms with Crippen molar-refractivity contribution in [2.75, 3.05) is 5.32 Å². The normalized spacial score (nSPS) is 16.3. The third-order valence-corrected chi connectivity index (χ3v) is 7.09. The Bertz CT molecular complexity index is 616. The molecule has 1 aliphatic rings. The van der Waals surface area contributed by atoms with E-state index in [1.807, 2.05) is 0 Å². The molecule has 1 N–H and O–H groups in total. The summed E-state index contributed by atoms with van der Waals surface area (Å²) in [5.74, 6) is 0.786. The Balaban J connectivity index is 1.66. The highest BCUT2D eigenvalue weighted by atomic mass is 28.3. The highest BCUT2D eigenvalue weighted by Crippen LogP contribution is 2.33. The molecule has 1 aliphatic carbocycles. The van der Waals surface area contributed by atoms with Crippen molar-refractivity contribution in [2.24, 2.45) is 0 Å². The molecule has 2 heteroatoms. The van der Waals surface area contributed by atoms with Crippen LogP contribution in [-0.4, -0.2) is 8.07 Å². The summed E-state index contributed by atoms with van der Waals surface area (Å²) in [5, 5.41) is 5.04. The summed E-state index contributed by atoms with van der Waals surface area (Å²) in [4.78, 5) is 0. The van der Waals surface area contributed by atoms with Crippen molar-refractivity contribution in [3.63, 3.8) is 0 Å². The van der Waals surface area contributed by atoms with Gasteiger partial charge in [0.15, 0.2) is 0 Å². The van der Waals surface area contributed by atoms with Crippen LogP contribution in [0.15, 0.2) is 48.5 Å². The van der Waals surface area contributed by atoms with Crippen LogP contribution in [0.2, 0.25) is 19.6 Å². The van der Waals surface area contributed by atoms with E-state index in [0.717, 1.165) is 5.92 Å². The predicted octanol–water partition coefficient (Wildman–Crippen LogP) is 6.02. The van der Waals surface area contributed by atoms with Crippen LogP contribution in [0.1, 0.15) is 43.6 Å². The smallest absolute Gasteiger partial charge is 0.0775 e. The predicted molar refractivity (Wildman–Crippen MR) is 105 cm³/mol. The molecule has 1 fully saturated rings. The van der Waals surface area contributed by atoms with Crippen LogP contribution in [-0.2, 0) is 0 Å². The zero-order valence-corrected chi connectivity index (χ0v) is 15.7. The van der Waals surface area contributed by atoms with E-state index in [4.69, 9.17) is 0 Å². The Labute approximate surface area is 142 Å². The number of anilines is 2. The van der Waals surface area contributed by atoms with E-state index in [-0.39, 0.29) is 0 Å². The first-order valence-corrected chi connectivity index (χ1v) is 12.5. The Kier molecular flexibility index (Phi) is 4.91. The van der Waals surface area contributed by atoms with Crippen LogP contribution in [0.25, 0.3) is 0 Å². The lowest BCUT2D eigenvalue weighted by Crippen LogP contribution is -2.37. The molecule has 3 rings (SSSR count). The highest BCUT2D eigenvalue weighted by molar-refractivity contribution is 6.88. The fraction of sp³-hybridized carbons (Fsp3) is 0.429. The van der Waals surface area contributed by atoms with Gasteiger partial charge in [0, 0.05) is 11.4 Å². The Morgan fingerprint density at radius 2 is 1.26 bits per heavy atom. The molecule has 0 saturated heterocycles. The van der Waals surface area contributed by atoms with E-state index >= 15 is 0 Å². The minimum absolute atomic E-state index is 0.786. The maximum atomic E-state index is 3.53. The molecule has 0 unspecified atom stereocenters. The van der Waals surface area contributed by atoms with Gasteiger partial charge in [-0.15, -0.1) is 0 Å². The molecule has 0 aromatic heterocycles. The molecule has 0 spiro atoms. The monoisotopic (exact) mass is 323 g/mol. The maximum Gasteiger partial charge on any atom is 0.0775 e. The second-order valence-electron chi connectivity index (χ2n) is 7.91. The van der Waals surface area contributed by atoms with Gasteiger partial charge >= 0.3 is 0 Å². The number of hydrogen-bond donors (Lipinski definition) is 1. The number of rotatable bonds is 4. The average molecular weight is 324 g/mol. The van der Waals surface area contributed by atoms with Gasteiger partial charge in [0.25, 0.3) is 0 Å². The SMILES string of the molecule is C[Si](C)(C)c1ccc(Nc2ccc(C3CCCCC3)cc2)cc1. The van der Waals surface area contributed by atoms with Gasteiger partial charge in [-0.05, 0) is 48.6 Å². The van der Waals surface area contributed by atoms with Crippen molar-refractivity contribution in [1.29, 1.82) is 0 Å². The van der Waals surface area contributed by atoms with Crippen LogP contribution in [0, 0.1) is 0 Å². The Morgan fingerprint density at radius 3 is 1.78 bits per heavy atom. The second kappa shape index (κ2) is 6.92. The molecule has 0 amide bonds. The van der Waals surface area contributed by atoms with Crippen molar-refractivity contribution in [3.8, 4) is 0 Å². The fourth-order valence-electron chi connectivity index (χ4n) is 3.49. The zero-order valence-electron chi connectivity index (χ0n) is 14.7. The van der Waals surface area contributed by atoms with Gasteiger partial charge in [0.05, 0.1) is 8.07 Å². The van der Waals surface area contributed by atoms with Gasteiger partial charge in [-0.1, -0.05) is 68.4 Å². The molecule has 0 radical (unpaired) electrons. The van der Waals surface area contributed by atoms with Crippen LogP contribution in [0.3, 0.4) is 0 Å². The molecule has 0 atom stereocenters. The lowest BCUT2D eigenvalue weighted by atomic mass is 9.84. The molecule has 1 saturated carbocycles. The van der Waals surface area contributed by atoms with E-state index in [2.05, 4.69) is 73.5 Å². The molecular weight excluding hydrogens is 294 g/mol. The molecule has 122 valence electrons. The number of benzene rings is 2. The van der Waals surface area contributed by atoms with Crippen LogP contribution in [0.4, 0.5) is 11.4 Å². The molecular formula is C21H29NSi. The van der Waals surface area contributed by atoms with Crippen molar-refractivity contribution in [3.05, 3.63) is 54.1 Å². The minimum Gasteiger partial charge on any atom is -0.356 e. The largest absolute Gasteiger partial charge is 0.356 e. The Morgan fingerprint density at radius 1 is 0.739 bits per heavy atom. The molecule has 2 aromatic carbocycles. The van der Waals surface area contributed by atoms with Gasteiger partial charge in [-0.25, -0.2) is 0 Å². The lowest BCUT2D eigenvalue weighted by molar-refractivity contribution is 0.443. The van der Waals surface area contributed by atoms with E-state index in [0.29, 0.717) is 0 Å². The third kappa shape index (κ3) is 4.26. The van der Waals surface area contributed by atoms with Crippen molar-refractivity contribution in [2.45, 2.75) is 57.7 Å². The Hall–Kier alpha value is -1.54. The van der Waals surface area contributed by atoms with E-state index in [9.17, 15) is 0 Å². The zero-order chi connectivity index (χ0) is 16.3. The minimum atomic E-state index is -1.20. The quantitative estimate of drug-likeness (QED) is 0.678. The van der Waals surface area contributed by atoms with Gasteiger partial charge in [0.2, 0.25) is 0 Å². The van der Waals surface area contributed by atoms with Gasteiger partial charge in [-0.2, -0.15) is 0 Å². The lowest BCUT2D eigenvalue weighted by Gasteiger charge is -2.22. The van der Waals surface area contributed by atoms with Gasteiger partial charge in [-0.3, -0.25) is 0 Å². The summed E-state index contributed by atoms with van der Waals surface area (Å²) < 4.78 is 0. The molecule has 23 heavy (non-hydrogen) atoms. The first-order valence-electron chi connectivity index (χ1n) is 9.00. The summed E-state index contributed by atoms with van der Waals surface area (Å²) in [6, 6.07) is 18.1. The van der Waals surface area contributed by atoms with Crippen LogP contribution < -0.4 is 10.5 Å². The van der Waals surface area contributed by atoms with Crippen molar-refractivity contribution >= 4 is 24.6 Å². The molecule has 0 bridgehead atoms. The van der Waals surface area contributed by atoms with Gasteiger partial charge in [0.1, 0.15) is 0 Å². The first kappa shape index (κ1) is 16.3. The third-order valence-electron chi connectivity index (χ3n) is 5.03. The standard InChI is InChI=1S/C21H29NSi/c1-23(2,3)21-15-13-20(14-16-21)22-19-11-9-18(10-12-19)17-7-5-4-6-8-17/h9-17,22H,4-8H2,1-3H3. The van der Waals surface area contributed by atoms with E-state index < -0.39 is 8.07 Å². The summed E-state index contributed by atoms with van der Waals surface area (Å²) in [6.45, 7) is 7.16. The topological polar surface area (TPSA) is 12.0 Å². The van der Waals surface area contributed by atoms with Crippen LogP contribution >= 0.6 is 0 Å². The van der Waals surface area contributed by atoms with Crippen molar-refractivity contribution < 1.29 is 0 Å². The van der Waals surface area contributed by atoms with Gasteiger partial charge < -0.3 is 5.32 Å². The summed E-state index contributed by atoms with van der Waals surface area (Å²) in [5.41, 5.74) is 3.88. The maximum absolute atomic E-state index is 3.53. The fourth-order valence-corrected chi connectivity index (χ4v) is 4.66.